The lowest BCUT2D eigenvalue weighted by atomic mass is 9.76. The Balaban J connectivity index is 1.57. The fraction of sp³-hybridized carbons (Fsp3) is 0.647. The van der Waals surface area contributed by atoms with E-state index in [4.69, 9.17) is 11.6 Å². The zero-order valence-electron chi connectivity index (χ0n) is 11.6. The Hall–Kier alpha value is -0.530. The van der Waals surface area contributed by atoms with E-state index in [9.17, 15) is 0 Å². The number of benzene rings is 1. The highest BCUT2D eigenvalue weighted by atomic mass is 35.5. The summed E-state index contributed by atoms with van der Waals surface area (Å²) >= 11 is 5.96. The fourth-order valence-electron chi connectivity index (χ4n) is 3.35. The summed E-state index contributed by atoms with van der Waals surface area (Å²) < 4.78 is 0. The molecule has 0 spiro atoms. The van der Waals surface area contributed by atoms with Crippen molar-refractivity contribution in [3.8, 4) is 0 Å². The van der Waals surface area contributed by atoms with Crippen LogP contribution in [0.1, 0.15) is 44.1 Å². The lowest BCUT2D eigenvalue weighted by molar-refractivity contribution is 0.228. The van der Waals surface area contributed by atoms with Crippen molar-refractivity contribution in [2.24, 2.45) is 11.8 Å². The van der Waals surface area contributed by atoms with Gasteiger partial charge in [-0.05, 0) is 68.2 Å². The smallest absolute Gasteiger partial charge is 0.0406 e. The highest BCUT2D eigenvalue weighted by Crippen LogP contribution is 2.33. The monoisotopic (exact) mass is 277 g/mol. The second-order valence-electron chi connectivity index (χ2n) is 6.32. The SMILES string of the molecule is Clc1ccc(CC2CCCCC2CNC2CC2)cc1. The van der Waals surface area contributed by atoms with Gasteiger partial charge in [0, 0.05) is 11.1 Å². The molecule has 0 radical (unpaired) electrons. The molecule has 2 saturated carbocycles. The van der Waals surface area contributed by atoms with Crippen LogP contribution in [0.4, 0.5) is 0 Å². The van der Waals surface area contributed by atoms with Gasteiger partial charge in [0.05, 0.1) is 0 Å². The standard InChI is InChI=1S/C17H24ClN/c18-16-7-5-13(6-8-16)11-14-3-1-2-4-15(14)12-19-17-9-10-17/h5-8,14-15,17,19H,1-4,9-12H2. The third-order valence-corrected chi connectivity index (χ3v) is 4.98. The lowest BCUT2D eigenvalue weighted by Crippen LogP contribution is -2.32. The Labute approximate surface area is 121 Å². The van der Waals surface area contributed by atoms with Gasteiger partial charge in [0.2, 0.25) is 0 Å². The van der Waals surface area contributed by atoms with Crippen molar-refractivity contribution in [2.75, 3.05) is 6.54 Å². The van der Waals surface area contributed by atoms with Crippen molar-refractivity contribution in [3.05, 3.63) is 34.9 Å². The molecule has 2 heteroatoms. The van der Waals surface area contributed by atoms with Crippen molar-refractivity contribution < 1.29 is 0 Å². The number of hydrogen-bond donors (Lipinski definition) is 1. The van der Waals surface area contributed by atoms with Crippen molar-refractivity contribution in [2.45, 2.75) is 51.0 Å². The second-order valence-corrected chi connectivity index (χ2v) is 6.75. The molecule has 1 aromatic rings. The van der Waals surface area contributed by atoms with Gasteiger partial charge in [-0.3, -0.25) is 0 Å². The topological polar surface area (TPSA) is 12.0 Å². The van der Waals surface area contributed by atoms with E-state index in [0.717, 1.165) is 22.9 Å². The summed E-state index contributed by atoms with van der Waals surface area (Å²) in [5.74, 6) is 1.74. The van der Waals surface area contributed by atoms with E-state index < -0.39 is 0 Å². The Morgan fingerprint density at radius 2 is 1.63 bits per heavy atom. The van der Waals surface area contributed by atoms with Crippen LogP contribution in [0.15, 0.2) is 24.3 Å². The van der Waals surface area contributed by atoms with Crippen molar-refractivity contribution in [1.82, 2.24) is 5.32 Å². The largest absolute Gasteiger partial charge is 0.314 e. The van der Waals surface area contributed by atoms with Gasteiger partial charge in [0.15, 0.2) is 0 Å². The normalized spacial score (nSPS) is 27.4. The van der Waals surface area contributed by atoms with E-state index in [1.54, 1.807) is 0 Å². The van der Waals surface area contributed by atoms with Gasteiger partial charge in [0.1, 0.15) is 0 Å². The van der Waals surface area contributed by atoms with Crippen molar-refractivity contribution >= 4 is 11.6 Å². The number of halogens is 1. The maximum atomic E-state index is 5.96. The maximum Gasteiger partial charge on any atom is 0.0406 e. The molecule has 2 aliphatic carbocycles. The third kappa shape index (κ3) is 3.97. The summed E-state index contributed by atoms with van der Waals surface area (Å²) in [5.41, 5.74) is 1.45. The quantitative estimate of drug-likeness (QED) is 0.839. The molecule has 2 fully saturated rings. The van der Waals surface area contributed by atoms with Crippen LogP contribution in [0, 0.1) is 11.8 Å². The molecule has 2 atom stereocenters. The van der Waals surface area contributed by atoms with Gasteiger partial charge < -0.3 is 5.32 Å². The molecule has 104 valence electrons. The van der Waals surface area contributed by atoms with Gasteiger partial charge in [-0.1, -0.05) is 36.6 Å². The van der Waals surface area contributed by atoms with Crippen LogP contribution >= 0.6 is 11.6 Å². The lowest BCUT2D eigenvalue weighted by Gasteiger charge is -2.32. The maximum absolute atomic E-state index is 5.96. The van der Waals surface area contributed by atoms with Gasteiger partial charge in [-0.15, -0.1) is 0 Å². The summed E-state index contributed by atoms with van der Waals surface area (Å²) in [5, 5.41) is 4.58. The Kier molecular flexibility index (Phi) is 4.45. The van der Waals surface area contributed by atoms with Crippen molar-refractivity contribution in [3.63, 3.8) is 0 Å². The van der Waals surface area contributed by atoms with Gasteiger partial charge >= 0.3 is 0 Å². The summed E-state index contributed by atoms with van der Waals surface area (Å²) in [6.45, 7) is 1.24. The van der Waals surface area contributed by atoms with E-state index in [2.05, 4.69) is 17.4 Å². The average molecular weight is 278 g/mol. The molecule has 0 aromatic heterocycles. The summed E-state index contributed by atoms with van der Waals surface area (Å²) in [4.78, 5) is 0. The van der Waals surface area contributed by atoms with Crippen LogP contribution in [0.2, 0.25) is 5.02 Å². The van der Waals surface area contributed by atoms with E-state index >= 15 is 0 Å². The highest BCUT2D eigenvalue weighted by molar-refractivity contribution is 6.30. The van der Waals surface area contributed by atoms with E-state index in [0.29, 0.717) is 0 Å². The van der Waals surface area contributed by atoms with E-state index in [1.165, 1.54) is 57.1 Å². The molecule has 1 N–H and O–H groups in total. The summed E-state index contributed by atoms with van der Waals surface area (Å²) in [6, 6.07) is 9.29. The van der Waals surface area contributed by atoms with Crippen LogP contribution in [-0.4, -0.2) is 12.6 Å². The average Bonchev–Trinajstić information content (AvgIpc) is 3.25. The second kappa shape index (κ2) is 6.28. The minimum Gasteiger partial charge on any atom is -0.314 e. The predicted molar refractivity (Wildman–Crippen MR) is 81.6 cm³/mol. The van der Waals surface area contributed by atoms with Crippen LogP contribution < -0.4 is 5.32 Å². The molecule has 2 aliphatic rings. The molecule has 0 saturated heterocycles. The van der Waals surface area contributed by atoms with E-state index in [-0.39, 0.29) is 0 Å². The Morgan fingerprint density at radius 3 is 2.32 bits per heavy atom. The van der Waals surface area contributed by atoms with Crippen LogP contribution in [0.5, 0.6) is 0 Å². The molecule has 0 aliphatic heterocycles. The van der Waals surface area contributed by atoms with Gasteiger partial charge in [0.25, 0.3) is 0 Å². The molecule has 0 bridgehead atoms. The zero-order valence-corrected chi connectivity index (χ0v) is 12.3. The Morgan fingerprint density at radius 1 is 0.947 bits per heavy atom. The highest BCUT2D eigenvalue weighted by Gasteiger charge is 2.28. The molecule has 1 aromatic carbocycles. The van der Waals surface area contributed by atoms with Gasteiger partial charge in [-0.25, -0.2) is 0 Å². The third-order valence-electron chi connectivity index (χ3n) is 4.72. The minimum absolute atomic E-state index is 0.845. The first-order chi connectivity index (χ1) is 9.31. The summed E-state index contributed by atoms with van der Waals surface area (Å²) in [6.07, 6.45) is 9.68. The van der Waals surface area contributed by atoms with Crippen LogP contribution in [-0.2, 0) is 6.42 Å². The van der Waals surface area contributed by atoms with Gasteiger partial charge in [-0.2, -0.15) is 0 Å². The molecule has 2 unspecified atom stereocenters. The van der Waals surface area contributed by atoms with Crippen molar-refractivity contribution in [1.29, 1.82) is 0 Å². The van der Waals surface area contributed by atoms with E-state index in [1.807, 2.05) is 12.1 Å². The van der Waals surface area contributed by atoms with Crippen LogP contribution in [0.25, 0.3) is 0 Å². The first-order valence-electron chi connectivity index (χ1n) is 7.79. The predicted octanol–water partition coefficient (Wildman–Crippen LogP) is 4.44. The molecular formula is C17H24ClN. The number of hydrogen-bond acceptors (Lipinski definition) is 1. The molecular weight excluding hydrogens is 254 g/mol. The molecule has 1 nitrogen and oxygen atoms in total. The fourth-order valence-corrected chi connectivity index (χ4v) is 3.48. The molecule has 3 rings (SSSR count). The summed E-state index contributed by atoms with van der Waals surface area (Å²) in [7, 11) is 0. The number of nitrogens with one attached hydrogen (secondary N) is 1. The Bertz CT molecular complexity index is 396. The molecule has 19 heavy (non-hydrogen) atoms. The first kappa shape index (κ1) is 13.5. The number of rotatable bonds is 5. The van der Waals surface area contributed by atoms with Crippen LogP contribution in [0.3, 0.4) is 0 Å². The first-order valence-corrected chi connectivity index (χ1v) is 8.17. The molecule has 0 amide bonds. The zero-order chi connectivity index (χ0) is 13.1. The minimum atomic E-state index is 0.845. The molecule has 0 heterocycles.